The quantitative estimate of drug-likeness (QED) is 0.574. The third-order valence-corrected chi connectivity index (χ3v) is 3.83. The smallest absolute Gasteiger partial charge is 0.343 e. The number of hydrogen-bond donors (Lipinski definition) is 1. The molecule has 0 amide bonds. The fourth-order valence-corrected chi connectivity index (χ4v) is 2.69. The number of aromatic nitrogens is 4. The number of nitro groups is 1. The van der Waals surface area contributed by atoms with Crippen molar-refractivity contribution in [3.8, 4) is 0 Å². The molecule has 0 unspecified atom stereocenters. The van der Waals surface area contributed by atoms with Crippen molar-refractivity contribution in [1.29, 1.82) is 0 Å². The van der Waals surface area contributed by atoms with Crippen molar-refractivity contribution < 1.29 is 4.92 Å². The summed E-state index contributed by atoms with van der Waals surface area (Å²) < 4.78 is 1.51. The topological polar surface area (TPSA) is 98.8 Å². The van der Waals surface area contributed by atoms with Gasteiger partial charge in [0.1, 0.15) is 12.7 Å². The third-order valence-electron chi connectivity index (χ3n) is 3.01. The van der Waals surface area contributed by atoms with E-state index in [1.165, 1.54) is 22.1 Å². The van der Waals surface area contributed by atoms with Gasteiger partial charge < -0.3 is 15.4 Å². The zero-order valence-corrected chi connectivity index (χ0v) is 12.4. The van der Waals surface area contributed by atoms with E-state index in [2.05, 4.69) is 20.5 Å². The van der Waals surface area contributed by atoms with Gasteiger partial charge in [0, 0.05) is 12.6 Å². The normalized spacial score (nSPS) is 10.6. The van der Waals surface area contributed by atoms with Gasteiger partial charge in [-0.25, -0.2) is 9.55 Å². The maximum Gasteiger partial charge on any atom is 0.343 e. The van der Waals surface area contributed by atoms with Crippen LogP contribution < -0.4 is 5.32 Å². The Morgan fingerprint density at radius 2 is 2.09 bits per heavy atom. The third kappa shape index (κ3) is 2.93. The van der Waals surface area contributed by atoms with E-state index in [1.807, 2.05) is 30.3 Å². The average molecular weight is 316 g/mol. The van der Waals surface area contributed by atoms with Gasteiger partial charge in [0.25, 0.3) is 0 Å². The van der Waals surface area contributed by atoms with E-state index in [0.717, 1.165) is 5.69 Å². The van der Waals surface area contributed by atoms with E-state index in [9.17, 15) is 10.1 Å². The summed E-state index contributed by atoms with van der Waals surface area (Å²) in [5.74, 6) is 0.518. The maximum atomic E-state index is 11.0. The van der Waals surface area contributed by atoms with Gasteiger partial charge in [-0.3, -0.25) is 0 Å². The highest BCUT2D eigenvalue weighted by atomic mass is 32.1. The molecule has 0 aliphatic rings. The largest absolute Gasteiger partial charge is 0.358 e. The lowest BCUT2D eigenvalue weighted by atomic mass is 10.3. The number of nitrogens with one attached hydrogen (secondary N) is 1. The molecule has 0 aliphatic heterocycles. The Labute approximate surface area is 129 Å². The molecule has 0 fully saturated rings. The molecule has 2 aromatic heterocycles. The molecule has 0 saturated heterocycles. The summed E-state index contributed by atoms with van der Waals surface area (Å²) >= 11 is 1.35. The number of imidazole rings is 1. The van der Waals surface area contributed by atoms with Crippen LogP contribution >= 0.6 is 11.3 Å². The first-order chi connectivity index (χ1) is 10.6. The first-order valence-electron chi connectivity index (χ1n) is 6.44. The average Bonchev–Trinajstić information content (AvgIpc) is 3.08. The zero-order valence-electron chi connectivity index (χ0n) is 11.6. The highest BCUT2D eigenvalue weighted by Crippen LogP contribution is 2.23. The molecule has 0 aliphatic carbocycles. The van der Waals surface area contributed by atoms with Gasteiger partial charge >= 0.3 is 5.82 Å². The van der Waals surface area contributed by atoms with Crippen LogP contribution in [0.3, 0.4) is 0 Å². The molecule has 1 N–H and O–H groups in total. The highest BCUT2D eigenvalue weighted by Gasteiger charge is 2.19. The molecule has 0 bridgehead atoms. The van der Waals surface area contributed by atoms with Gasteiger partial charge in [0.05, 0.1) is 0 Å². The van der Waals surface area contributed by atoms with Crippen LogP contribution in [-0.4, -0.2) is 24.7 Å². The highest BCUT2D eigenvalue weighted by molar-refractivity contribution is 7.15. The predicted octanol–water partition coefficient (Wildman–Crippen LogP) is 2.74. The lowest BCUT2D eigenvalue weighted by molar-refractivity contribution is -0.392. The number of aryl methyl sites for hydroxylation is 1. The van der Waals surface area contributed by atoms with Crippen molar-refractivity contribution in [1.82, 2.24) is 19.7 Å². The van der Waals surface area contributed by atoms with Crippen LogP contribution in [-0.2, 0) is 6.54 Å². The number of rotatable bonds is 5. The Hall–Kier alpha value is -2.81. The molecule has 0 spiro atoms. The molecule has 22 heavy (non-hydrogen) atoms. The molecule has 112 valence electrons. The van der Waals surface area contributed by atoms with Gasteiger partial charge in [-0.05, 0) is 17.1 Å². The lowest BCUT2D eigenvalue weighted by Crippen LogP contribution is -2.05. The van der Waals surface area contributed by atoms with Crippen LogP contribution in [0.2, 0.25) is 0 Å². The van der Waals surface area contributed by atoms with Crippen LogP contribution in [0.25, 0.3) is 0 Å². The summed E-state index contributed by atoms with van der Waals surface area (Å²) in [7, 11) is 0. The monoisotopic (exact) mass is 316 g/mol. The SMILES string of the molecule is Cc1ncc([N+](=O)[O-])n1Cc1nnc(Nc2ccccc2)s1. The summed E-state index contributed by atoms with van der Waals surface area (Å²) in [6.07, 6.45) is 1.25. The minimum absolute atomic E-state index is 0.0507. The Kier molecular flexibility index (Phi) is 3.79. The fourth-order valence-electron chi connectivity index (χ4n) is 1.95. The molecule has 2 heterocycles. The predicted molar refractivity (Wildman–Crippen MR) is 82.4 cm³/mol. The van der Waals surface area contributed by atoms with E-state index < -0.39 is 4.92 Å². The Morgan fingerprint density at radius 1 is 1.32 bits per heavy atom. The molecule has 0 saturated carbocycles. The van der Waals surface area contributed by atoms with Crippen LogP contribution in [0.4, 0.5) is 16.6 Å². The molecule has 1 aromatic carbocycles. The summed E-state index contributed by atoms with van der Waals surface area (Å²) in [5, 5.41) is 23.5. The van der Waals surface area contributed by atoms with Gasteiger partial charge in [-0.1, -0.05) is 29.5 Å². The first kappa shape index (κ1) is 14.1. The second-order valence-corrected chi connectivity index (χ2v) is 5.56. The molecule has 0 atom stereocenters. The molecular formula is C13H12N6O2S. The summed E-state index contributed by atoms with van der Waals surface area (Å²) in [5.41, 5.74) is 0.912. The first-order valence-corrected chi connectivity index (χ1v) is 7.26. The number of para-hydroxylation sites is 1. The van der Waals surface area contributed by atoms with Crippen molar-refractivity contribution in [2.45, 2.75) is 13.5 Å². The van der Waals surface area contributed by atoms with Crippen molar-refractivity contribution in [3.63, 3.8) is 0 Å². The Bertz CT molecular complexity index is 798. The molecule has 0 radical (unpaired) electrons. The number of hydrogen-bond acceptors (Lipinski definition) is 7. The summed E-state index contributed by atoms with van der Waals surface area (Å²) in [6, 6.07) is 9.61. The molecule has 3 aromatic rings. The Morgan fingerprint density at radius 3 is 2.82 bits per heavy atom. The maximum absolute atomic E-state index is 11.0. The van der Waals surface area contributed by atoms with Crippen LogP contribution in [0, 0.1) is 17.0 Å². The van der Waals surface area contributed by atoms with E-state index in [0.29, 0.717) is 16.0 Å². The lowest BCUT2D eigenvalue weighted by Gasteiger charge is -2.00. The second kappa shape index (κ2) is 5.90. The van der Waals surface area contributed by atoms with Gasteiger partial charge in [0.2, 0.25) is 5.13 Å². The van der Waals surface area contributed by atoms with Crippen molar-refractivity contribution in [3.05, 3.63) is 57.5 Å². The summed E-state index contributed by atoms with van der Waals surface area (Å²) in [4.78, 5) is 14.5. The van der Waals surface area contributed by atoms with Crippen molar-refractivity contribution in [2.75, 3.05) is 5.32 Å². The van der Waals surface area contributed by atoms with E-state index in [-0.39, 0.29) is 12.4 Å². The Balaban J connectivity index is 1.78. The summed E-state index contributed by atoms with van der Waals surface area (Å²) in [6.45, 7) is 1.99. The van der Waals surface area contributed by atoms with Gasteiger partial charge in [-0.2, -0.15) is 0 Å². The van der Waals surface area contributed by atoms with Crippen molar-refractivity contribution in [2.24, 2.45) is 0 Å². The number of anilines is 2. The minimum atomic E-state index is -0.454. The fraction of sp³-hybridized carbons (Fsp3) is 0.154. The molecule has 8 nitrogen and oxygen atoms in total. The van der Waals surface area contributed by atoms with Crippen LogP contribution in [0.1, 0.15) is 10.8 Å². The van der Waals surface area contributed by atoms with E-state index in [1.54, 1.807) is 6.92 Å². The van der Waals surface area contributed by atoms with Gasteiger partial charge in [-0.15, -0.1) is 10.2 Å². The zero-order chi connectivity index (χ0) is 15.5. The number of nitrogens with zero attached hydrogens (tertiary/aromatic N) is 5. The standard InChI is InChI=1S/C13H12N6O2S/c1-9-14-7-12(19(20)21)18(9)8-11-16-17-13(22-11)15-10-5-3-2-4-6-10/h2-7H,8H2,1H3,(H,15,17). The molecule has 9 heteroatoms. The number of benzene rings is 1. The molecule has 3 rings (SSSR count). The van der Waals surface area contributed by atoms with E-state index in [4.69, 9.17) is 0 Å². The van der Waals surface area contributed by atoms with E-state index >= 15 is 0 Å². The van der Waals surface area contributed by atoms with Crippen LogP contribution in [0.15, 0.2) is 36.5 Å². The van der Waals surface area contributed by atoms with Gasteiger partial charge in [0.15, 0.2) is 10.8 Å². The van der Waals surface area contributed by atoms with Crippen molar-refractivity contribution >= 4 is 28.0 Å². The van der Waals surface area contributed by atoms with Crippen LogP contribution in [0.5, 0.6) is 0 Å². The molecular weight excluding hydrogens is 304 g/mol. The minimum Gasteiger partial charge on any atom is -0.358 e. The second-order valence-electron chi connectivity index (χ2n) is 4.50.